The molecule has 0 radical (unpaired) electrons. The zero-order valence-electron chi connectivity index (χ0n) is 9.62. The van der Waals surface area contributed by atoms with Crippen LogP contribution in [0, 0.1) is 0 Å². The van der Waals surface area contributed by atoms with E-state index in [1.807, 2.05) is 31.2 Å². The van der Waals surface area contributed by atoms with E-state index in [0.717, 1.165) is 23.5 Å². The Hall–Kier alpha value is -1.44. The Morgan fingerprint density at radius 1 is 1.27 bits per heavy atom. The Morgan fingerprint density at radius 3 is 2.20 bits per heavy atom. The number of hydrogen-bond acceptors (Lipinski definition) is 2. The monoisotopic (exact) mass is 206 g/mol. The second-order valence-corrected chi connectivity index (χ2v) is 3.54. The number of rotatable bonds is 5. The van der Waals surface area contributed by atoms with Gasteiger partial charge in [0.05, 0.1) is 7.11 Å². The zero-order valence-corrected chi connectivity index (χ0v) is 9.62. The van der Waals surface area contributed by atoms with Crippen LogP contribution in [0.25, 0.3) is 0 Å². The lowest BCUT2D eigenvalue weighted by molar-refractivity contribution is 0.233. The molecule has 1 aromatic carbocycles. The highest BCUT2D eigenvalue weighted by Crippen LogP contribution is 2.20. The maximum atomic E-state index is 5.77. The molecule has 0 fully saturated rings. The quantitative estimate of drug-likeness (QED) is 0.687. The molecule has 15 heavy (non-hydrogen) atoms. The first-order chi connectivity index (χ1) is 7.17. The molecule has 0 aliphatic rings. The average Bonchev–Trinajstić information content (AvgIpc) is 2.26. The van der Waals surface area contributed by atoms with Crippen LogP contribution in [0.4, 0.5) is 0 Å². The minimum atomic E-state index is 0.0957. The molecule has 1 aromatic rings. The van der Waals surface area contributed by atoms with E-state index in [2.05, 4.69) is 13.5 Å². The molecule has 0 amide bonds. The fraction of sp³-hybridized carbons (Fsp3) is 0.385. The Labute approximate surface area is 91.5 Å². The maximum absolute atomic E-state index is 5.77. The van der Waals surface area contributed by atoms with Crippen LogP contribution in [0.3, 0.4) is 0 Å². The van der Waals surface area contributed by atoms with Crippen LogP contribution in [0.5, 0.6) is 11.5 Å². The molecule has 2 nitrogen and oxygen atoms in total. The van der Waals surface area contributed by atoms with Crippen molar-refractivity contribution in [1.82, 2.24) is 0 Å². The molecule has 0 N–H and O–H groups in total. The molecular formula is C13H18O2. The first-order valence-electron chi connectivity index (χ1n) is 5.13. The molecule has 0 saturated carbocycles. The van der Waals surface area contributed by atoms with Gasteiger partial charge in [0.1, 0.15) is 17.6 Å². The van der Waals surface area contributed by atoms with Crippen LogP contribution in [0.1, 0.15) is 20.3 Å². The van der Waals surface area contributed by atoms with Gasteiger partial charge in [-0.25, -0.2) is 0 Å². The summed E-state index contributed by atoms with van der Waals surface area (Å²) in [7, 11) is 1.65. The molecular weight excluding hydrogens is 188 g/mol. The van der Waals surface area contributed by atoms with Gasteiger partial charge in [0.25, 0.3) is 0 Å². The summed E-state index contributed by atoms with van der Waals surface area (Å²) in [5.74, 6) is 1.69. The van der Waals surface area contributed by atoms with Crippen LogP contribution < -0.4 is 9.47 Å². The highest BCUT2D eigenvalue weighted by molar-refractivity contribution is 5.31. The van der Waals surface area contributed by atoms with E-state index in [9.17, 15) is 0 Å². The van der Waals surface area contributed by atoms with Crippen molar-refractivity contribution in [2.75, 3.05) is 7.11 Å². The standard InChI is InChI=1S/C13H18O2/c1-5-13(10(2)3)15-12-8-6-11(14-4)7-9-12/h6-9,13H,2,5H2,1,3-4H3/t13-/m1/s1. The van der Waals surface area contributed by atoms with Gasteiger partial charge in [0.15, 0.2) is 0 Å². The van der Waals surface area contributed by atoms with Crippen LogP contribution in [-0.4, -0.2) is 13.2 Å². The fourth-order valence-electron chi connectivity index (χ4n) is 1.35. The molecule has 0 unspecified atom stereocenters. The first kappa shape index (κ1) is 11.6. The van der Waals surface area contributed by atoms with Gasteiger partial charge in [-0.1, -0.05) is 13.5 Å². The first-order valence-corrected chi connectivity index (χ1v) is 5.13. The normalized spacial score (nSPS) is 11.9. The SMILES string of the molecule is C=C(C)[C@@H](CC)Oc1ccc(OC)cc1. The predicted octanol–water partition coefficient (Wildman–Crippen LogP) is 3.43. The van der Waals surface area contributed by atoms with Crippen molar-refractivity contribution in [1.29, 1.82) is 0 Å². The summed E-state index contributed by atoms with van der Waals surface area (Å²) in [5, 5.41) is 0. The molecule has 2 heteroatoms. The molecule has 1 rings (SSSR count). The van der Waals surface area contributed by atoms with Crippen LogP contribution in [0.2, 0.25) is 0 Å². The van der Waals surface area contributed by atoms with Crippen molar-refractivity contribution in [3.8, 4) is 11.5 Å². The molecule has 0 saturated heterocycles. The van der Waals surface area contributed by atoms with Crippen molar-refractivity contribution in [2.24, 2.45) is 0 Å². The fourth-order valence-corrected chi connectivity index (χ4v) is 1.35. The molecule has 0 aliphatic carbocycles. The van der Waals surface area contributed by atoms with E-state index < -0.39 is 0 Å². The zero-order chi connectivity index (χ0) is 11.3. The molecule has 0 bridgehead atoms. The summed E-state index contributed by atoms with van der Waals surface area (Å²) in [4.78, 5) is 0. The third kappa shape index (κ3) is 3.31. The maximum Gasteiger partial charge on any atom is 0.120 e. The summed E-state index contributed by atoms with van der Waals surface area (Å²) in [5.41, 5.74) is 1.05. The van der Waals surface area contributed by atoms with Gasteiger partial charge in [-0.3, -0.25) is 0 Å². The van der Waals surface area contributed by atoms with E-state index in [1.54, 1.807) is 7.11 Å². The smallest absolute Gasteiger partial charge is 0.120 e. The van der Waals surface area contributed by atoms with E-state index >= 15 is 0 Å². The summed E-state index contributed by atoms with van der Waals surface area (Å²) < 4.78 is 10.8. The number of benzene rings is 1. The van der Waals surface area contributed by atoms with E-state index in [1.165, 1.54) is 0 Å². The Balaban J connectivity index is 2.67. The van der Waals surface area contributed by atoms with Crippen molar-refractivity contribution in [3.63, 3.8) is 0 Å². The minimum absolute atomic E-state index is 0.0957. The minimum Gasteiger partial charge on any atom is -0.497 e. The van der Waals surface area contributed by atoms with Gasteiger partial charge >= 0.3 is 0 Å². The van der Waals surface area contributed by atoms with Crippen LogP contribution >= 0.6 is 0 Å². The Kier molecular flexibility index (Phi) is 4.22. The van der Waals surface area contributed by atoms with Crippen LogP contribution in [-0.2, 0) is 0 Å². The Morgan fingerprint density at radius 2 is 1.80 bits per heavy atom. The van der Waals surface area contributed by atoms with Gasteiger partial charge in [0.2, 0.25) is 0 Å². The topological polar surface area (TPSA) is 18.5 Å². The van der Waals surface area contributed by atoms with Crippen LogP contribution in [0.15, 0.2) is 36.4 Å². The average molecular weight is 206 g/mol. The lowest BCUT2D eigenvalue weighted by atomic mass is 10.1. The second kappa shape index (κ2) is 5.44. The molecule has 0 aliphatic heterocycles. The number of ether oxygens (including phenoxy) is 2. The van der Waals surface area contributed by atoms with E-state index in [4.69, 9.17) is 9.47 Å². The predicted molar refractivity (Wildman–Crippen MR) is 62.5 cm³/mol. The van der Waals surface area contributed by atoms with E-state index in [-0.39, 0.29) is 6.10 Å². The van der Waals surface area contributed by atoms with Gasteiger partial charge < -0.3 is 9.47 Å². The molecule has 0 heterocycles. The third-order valence-electron chi connectivity index (χ3n) is 2.26. The van der Waals surface area contributed by atoms with Crippen molar-refractivity contribution in [2.45, 2.75) is 26.4 Å². The third-order valence-corrected chi connectivity index (χ3v) is 2.26. The summed E-state index contributed by atoms with van der Waals surface area (Å²) in [6, 6.07) is 7.59. The van der Waals surface area contributed by atoms with E-state index in [0.29, 0.717) is 0 Å². The van der Waals surface area contributed by atoms with Gasteiger partial charge in [-0.2, -0.15) is 0 Å². The second-order valence-electron chi connectivity index (χ2n) is 3.54. The number of methoxy groups -OCH3 is 1. The van der Waals surface area contributed by atoms with Crippen molar-refractivity contribution in [3.05, 3.63) is 36.4 Å². The Bertz CT molecular complexity index is 314. The molecule has 0 spiro atoms. The highest BCUT2D eigenvalue weighted by atomic mass is 16.5. The lowest BCUT2D eigenvalue weighted by Crippen LogP contribution is -2.15. The highest BCUT2D eigenvalue weighted by Gasteiger charge is 2.08. The van der Waals surface area contributed by atoms with Crippen molar-refractivity contribution < 1.29 is 9.47 Å². The lowest BCUT2D eigenvalue weighted by Gasteiger charge is -2.17. The van der Waals surface area contributed by atoms with Crippen molar-refractivity contribution >= 4 is 0 Å². The van der Waals surface area contributed by atoms with Gasteiger partial charge in [0, 0.05) is 0 Å². The largest absolute Gasteiger partial charge is 0.497 e. The number of hydrogen-bond donors (Lipinski definition) is 0. The summed E-state index contributed by atoms with van der Waals surface area (Å²) >= 11 is 0. The summed E-state index contributed by atoms with van der Waals surface area (Å²) in [6.07, 6.45) is 1.03. The molecule has 1 atom stereocenters. The molecule has 82 valence electrons. The van der Waals surface area contributed by atoms with Gasteiger partial charge in [-0.05, 0) is 43.2 Å². The van der Waals surface area contributed by atoms with Gasteiger partial charge in [-0.15, -0.1) is 0 Å². The summed E-state index contributed by atoms with van der Waals surface area (Å²) in [6.45, 7) is 7.98. The molecule has 0 aromatic heterocycles.